The van der Waals surface area contributed by atoms with E-state index in [1.807, 2.05) is 0 Å². The molecule has 0 aliphatic rings. The molecule has 4 N–H and O–H groups in total. The normalized spacial score (nSPS) is 12.6. The van der Waals surface area contributed by atoms with Gasteiger partial charge < -0.3 is 14.6 Å². The molecule has 0 saturated heterocycles. The molecule has 0 aliphatic carbocycles. The maximum absolute atomic E-state index is 12.3. The fourth-order valence-electron chi connectivity index (χ4n) is 2.64. The number of hydroxylamine groups is 1. The van der Waals surface area contributed by atoms with Crippen molar-refractivity contribution in [1.29, 1.82) is 0 Å². The molecule has 0 unspecified atom stereocenters. The zero-order valence-electron chi connectivity index (χ0n) is 16.4. The molecule has 0 fully saturated rings. The molecule has 0 aromatic heterocycles. The van der Waals surface area contributed by atoms with Crippen LogP contribution >= 0.6 is 0 Å². The number of phenolic OH excluding ortho intramolecular Hbond substituents is 1. The van der Waals surface area contributed by atoms with Crippen LogP contribution in [0.15, 0.2) is 60.7 Å². The zero-order valence-corrected chi connectivity index (χ0v) is 16.4. The van der Waals surface area contributed by atoms with Crippen LogP contribution in [0.25, 0.3) is 0 Å². The fraction of sp³-hybridized carbons (Fsp3) is 0.190. The molecule has 2 aromatic rings. The molecular weight excluding hydrogens is 392 g/mol. The summed E-state index contributed by atoms with van der Waals surface area (Å²) < 4.78 is 10.4. The summed E-state index contributed by atoms with van der Waals surface area (Å²) in [5.74, 6) is -1.91. The van der Waals surface area contributed by atoms with Gasteiger partial charge in [0.25, 0.3) is 11.8 Å². The summed E-state index contributed by atoms with van der Waals surface area (Å²) in [5.41, 5.74) is 2.14. The van der Waals surface area contributed by atoms with Crippen molar-refractivity contribution in [3.8, 4) is 11.5 Å². The summed E-state index contributed by atoms with van der Waals surface area (Å²) in [6.45, 7) is 1.65. The molecule has 9 nitrogen and oxygen atoms in total. The molecule has 2 aromatic carbocycles. The minimum atomic E-state index is -1.00. The summed E-state index contributed by atoms with van der Waals surface area (Å²) >= 11 is 0. The van der Waals surface area contributed by atoms with Gasteiger partial charge in [-0.2, -0.15) is 0 Å². The third-order valence-corrected chi connectivity index (χ3v) is 4.16. The second kappa shape index (κ2) is 10.6. The van der Waals surface area contributed by atoms with Crippen molar-refractivity contribution in [2.45, 2.75) is 13.0 Å². The first kappa shape index (κ1) is 22.4. The van der Waals surface area contributed by atoms with Crippen LogP contribution in [0, 0.1) is 5.92 Å². The number of carbonyl (C=O) groups is 3. The first-order valence-electron chi connectivity index (χ1n) is 8.92. The van der Waals surface area contributed by atoms with Gasteiger partial charge in [0.15, 0.2) is 11.5 Å². The number of alkyl carbamates (subject to hydrolysis) is 1. The first-order chi connectivity index (χ1) is 14.3. The highest BCUT2D eigenvalue weighted by atomic mass is 16.6. The van der Waals surface area contributed by atoms with Crippen LogP contribution in [-0.4, -0.2) is 35.3 Å². The van der Waals surface area contributed by atoms with E-state index in [2.05, 4.69) is 5.32 Å². The Balaban J connectivity index is 2.23. The van der Waals surface area contributed by atoms with E-state index < -0.39 is 29.9 Å². The first-order valence-corrected chi connectivity index (χ1v) is 8.92. The lowest BCUT2D eigenvalue weighted by atomic mass is 9.96. The molecule has 0 heterocycles. The van der Waals surface area contributed by atoms with Crippen LogP contribution in [0.3, 0.4) is 0 Å². The van der Waals surface area contributed by atoms with E-state index in [1.54, 1.807) is 43.3 Å². The Hall–Kier alpha value is -3.85. The molecule has 0 bridgehead atoms. The number of hydrogen-bond acceptors (Lipinski definition) is 7. The van der Waals surface area contributed by atoms with Gasteiger partial charge in [-0.15, -0.1) is 0 Å². The second-order valence-electron chi connectivity index (χ2n) is 6.27. The number of phenols is 1. The molecule has 2 rings (SSSR count). The average Bonchev–Trinajstić information content (AvgIpc) is 2.76. The highest BCUT2D eigenvalue weighted by Crippen LogP contribution is 2.34. The van der Waals surface area contributed by atoms with Crippen molar-refractivity contribution in [2.24, 2.45) is 5.92 Å². The maximum atomic E-state index is 12.3. The van der Waals surface area contributed by atoms with E-state index in [-0.39, 0.29) is 17.1 Å². The minimum absolute atomic E-state index is 0.173. The van der Waals surface area contributed by atoms with Crippen LogP contribution in [0.2, 0.25) is 0 Å². The number of rotatable bonds is 7. The highest BCUT2D eigenvalue weighted by molar-refractivity contribution is 6.02. The monoisotopic (exact) mass is 414 g/mol. The number of aromatic hydroxyl groups is 1. The zero-order chi connectivity index (χ0) is 22.1. The average molecular weight is 414 g/mol. The molecule has 0 spiro atoms. The lowest BCUT2D eigenvalue weighted by molar-refractivity contribution is -0.124. The Kier molecular flexibility index (Phi) is 7.95. The number of imide groups is 1. The van der Waals surface area contributed by atoms with E-state index in [1.165, 1.54) is 30.8 Å². The fourth-order valence-corrected chi connectivity index (χ4v) is 2.64. The standard InChI is InChI=1S/C21H22N2O7/c1-13(8-11-18(25)23-28)19(15-9-10-17(29-2)16(24)12-15)30-21(27)22-20(26)14-6-4-3-5-7-14/h3-13,19,24,28H,1-2H3,(H,23,25)(H,22,26,27)/b11-8+/t13-,19+/m0/s1. The number of ether oxygens (including phenoxy) is 2. The SMILES string of the molecule is COc1ccc([C@H](OC(=O)NC(=O)c2ccccc2)[C@@H](C)/C=C/C(=O)NO)cc1O. The molecule has 0 aliphatic heterocycles. The molecule has 158 valence electrons. The second-order valence-corrected chi connectivity index (χ2v) is 6.27. The quantitative estimate of drug-likeness (QED) is 0.311. The van der Waals surface area contributed by atoms with E-state index >= 15 is 0 Å². The summed E-state index contributed by atoms with van der Waals surface area (Å²) in [7, 11) is 1.39. The van der Waals surface area contributed by atoms with Crippen molar-refractivity contribution in [3.05, 3.63) is 71.8 Å². The van der Waals surface area contributed by atoms with Gasteiger partial charge in [0.05, 0.1) is 7.11 Å². The van der Waals surface area contributed by atoms with Crippen LogP contribution in [-0.2, 0) is 9.53 Å². The number of methoxy groups -OCH3 is 1. The topological polar surface area (TPSA) is 134 Å². The van der Waals surface area contributed by atoms with Crippen LogP contribution in [0.4, 0.5) is 4.79 Å². The molecule has 0 radical (unpaired) electrons. The Morgan fingerprint density at radius 3 is 2.40 bits per heavy atom. The van der Waals surface area contributed by atoms with Gasteiger partial charge in [0, 0.05) is 17.6 Å². The van der Waals surface area contributed by atoms with Crippen molar-refractivity contribution in [1.82, 2.24) is 10.8 Å². The van der Waals surface area contributed by atoms with Gasteiger partial charge in [-0.25, -0.2) is 10.3 Å². The molecular formula is C21H22N2O7. The van der Waals surface area contributed by atoms with E-state index in [0.717, 1.165) is 6.08 Å². The summed E-state index contributed by atoms with van der Waals surface area (Å²) in [4.78, 5) is 35.8. The third-order valence-electron chi connectivity index (χ3n) is 4.16. The lowest BCUT2D eigenvalue weighted by Gasteiger charge is -2.23. The van der Waals surface area contributed by atoms with E-state index in [4.69, 9.17) is 14.7 Å². The van der Waals surface area contributed by atoms with Gasteiger partial charge in [0.1, 0.15) is 6.10 Å². The Morgan fingerprint density at radius 1 is 1.10 bits per heavy atom. The number of amides is 3. The lowest BCUT2D eigenvalue weighted by Crippen LogP contribution is -2.33. The number of nitrogens with one attached hydrogen (secondary N) is 2. The molecule has 30 heavy (non-hydrogen) atoms. The highest BCUT2D eigenvalue weighted by Gasteiger charge is 2.24. The summed E-state index contributed by atoms with van der Waals surface area (Å²) in [6, 6.07) is 12.5. The predicted octanol–water partition coefficient (Wildman–Crippen LogP) is 2.71. The Labute approximate surface area is 172 Å². The smallest absolute Gasteiger partial charge is 0.414 e. The van der Waals surface area contributed by atoms with E-state index in [9.17, 15) is 19.5 Å². The number of benzene rings is 2. The van der Waals surface area contributed by atoms with Gasteiger partial charge in [-0.05, 0) is 29.8 Å². The van der Waals surface area contributed by atoms with Gasteiger partial charge >= 0.3 is 6.09 Å². The van der Waals surface area contributed by atoms with Crippen LogP contribution < -0.4 is 15.5 Å². The van der Waals surface area contributed by atoms with Gasteiger partial charge in [0.2, 0.25) is 0 Å². The largest absolute Gasteiger partial charge is 0.504 e. The Bertz CT molecular complexity index is 928. The number of hydrogen-bond donors (Lipinski definition) is 4. The van der Waals surface area contributed by atoms with Crippen molar-refractivity contribution >= 4 is 17.9 Å². The Morgan fingerprint density at radius 2 is 1.80 bits per heavy atom. The predicted molar refractivity (Wildman–Crippen MR) is 106 cm³/mol. The maximum Gasteiger partial charge on any atom is 0.414 e. The van der Waals surface area contributed by atoms with Crippen LogP contribution in [0.1, 0.15) is 28.9 Å². The van der Waals surface area contributed by atoms with Crippen LogP contribution in [0.5, 0.6) is 11.5 Å². The minimum Gasteiger partial charge on any atom is -0.504 e. The molecule has 3 amide bonds. The molecule has 2 atom stereocenters. The molecule has 0 saturated carbocycles. The van der Waals surface area contributed by atoms with E-state index in [0.29, 0.717) is 5.56 Å². The van der Waals surface area contributed by atoms with Gasteiger partial charge in [-0.3, -0.25) is 20.1 Å². The van der Waals surface area contributed by atoms with Crippen molar-refractivity contribution in [2.75, 3.05) is 7.11 Å². The summed E-state index contributed by atoms with van der Waals surface area (Å²) in [5, 5.41) is 20.8. The number of carbonyl (C=O) groups excluding carboxylic acids is 3. The summed E-state index contributed by atoms with van der Waals surface area (Å²) in [6.07, 6.45) is 0.505. The van der Waals surface area contributed by atoms with Crippen molar-refractivity contribution < 1.29 is 34.2 Å². The third kappa shape index (κ3) is 6.08. The molecule has 9 heteroatoms. The van der Waals surface area contributed by atoms with Gasteiger partial charge in [-0.1, -0.05) is 37.3 Å². The van der Waals surface area contributed by atoms with Crippen molar-refractivity contribution in [3.63, 3.8) is 0 Å².